The number of carbonyl (C=O) groups is 3. The molecule has 0 aromatic heterocycles. The molecule has 1 amide bonds. The van der Waals surface area contributed by atoms with Crippen molar-refractivity contribution in [2.45, 2.75) is 45.6 Å². The van der Waals surface area contributed by atoms with Crippen molar-refractivity contribution in [1.29, 1.82) is 0 Å². The maximum atomic E-state index is 12.6. The highest BCUT2D eigenvalue weighted by molar-refractivity contribution is 5.87. The summed E-state index contributed by atoms with van der Waals surface area (Å²) >= 11 is 0. The van der Waals surface area contributed by atoms with Crippen molar-refractivity contribution in [3.8, 4) is 0 Å². The number of rotatable bonds is 5. The number of hydrogen-bond acceptors (Lipinski definition) is 4. The Morgan fingerprint density at radius 1 is 1.20 bits per heavy atom. The number of carbonyl (C=O) groups excluding carboxylic acids is 2. The highest BCUT2D eigenvalue weighted by Crippen LogP contribution is 2.32. The fraction of sp³-hybridized carbons (Fsp3) is 0.786. The van der Waals surface area contributed by atoms with E-state index in [1.165, 1.54) is 12.0 Å². The Morgan fingerprint density at radius 2 is 1.75 bits per heavy atom. The molecule has 0 aromatic carbocycles. The minimum absolute atomic E-state index is 0.129. The molecule has 0 spiro atoms. The SMILES string of the molecule is COC(=O)CN(C(=O)C1CCCCC1C(=O)O)C(C)C. The average Bonchev–Trinajstić information content (AvgIpc) is 2.43. The Hall–Kier alpha value is -1.59. The molecule has 0 heterocycles. The summed E-state index contributed by atoms with van der Waals surface area (Å²) in [6.45, 7) is 3.48. The zero-order valence-electron chi connectivity index (χ0n) is 12.3. The smallest absolute Gasteiger partial charge is 0.325 e. The molecular weight excluding hydrogens is 262 g/mol. The van der Waals surface area contributed by atoms with Crippen LogP contribution in [0.1, 0.15) is 39.5 Å². The molecule has 0 bridgehead atoms. The zero-order valence-corrected chi connectivity index (χ0v) is 12.3. The number of esters is 1. The van der Waals surface area contributed by atoms with E-state index in [4.69, 9.17) is 0 Å². The molecule has 0 saturated heterocycles. The Labute approximate surface area is 119 Å². The van der Waals surface area contributed by atoms with E-state index >= 15 is 0 Å². The van der Waals surface area contributed by atoms with Crippen LogP contribution in [0.3, 0.4) is 0 Å². The van der Waals surface area contributed by atoms with Gasteiger partial charge >= 0.3 is 11.9 Å². The van der Waals surface area contributed by atoms with Crippen molar-refractivity contribution >= 4 is 17.8 Å². The third-order valence-corrected chi connectivity index (χ3v) is 3.83. The van der Waals surface area contributed by atoms with Crippen LogP contribution in [0.25, 0.3) is 0 Å². The standard InChI is InChI=1S/C14H23NO5/c1-9(2)15(8-12(16)20-3)13(17)10-6-4-5-7-11(10)14(18)19/h9-11H,4-8H2,1-3H3,(H,18,19). The van der Waals surface area contributed by atoms with Crippen LogP contribution in [0.5, 0.6) is 0 Å². The molecule has 2 atom stereocenters. The van der Waals surface area contributed by atoms with Gasteiger partial charge in [0.2, 0.25) is 5.91 Å². The number of methoxy groups -OCH3 is 1. The second-order valence-electron chi connectivity index (χ2n) is 5.47. The topological polar surface area (TPSA) is 83.9 Å². The van der Waals surface area contributed by atoms with Crippen LogP contribution in [0.2, 0.25) is 0 Å². The van der Waals surface area contributed by atoms with Crippen molar-refractivity contribution < 1.29 is 24.2 Å². The molecule has 6 heteroatoms. The summed E-state index contributed by atoms with van der Waals surface area (Å²) in [6, 6.07) is -0.169. The van der Waals surface area contributed by atoms with Gasteiger partial charge in [-0.25, -0.2) is 0 Å². The Balaban J connectivity index is 2.86. The van der Waals surface area contributed by atoms with E-state index in [2.05, 4.69) is 4.74 Å². The molecule has 1 aliphatic carbocycles. The molecule has 0 aliphatic heterocycles. The van der Waals surface area contributed by atoms with E-state index in [0.29, 0.717) is 12.8 Å². The fourth-order valence-electron chi connectivity index (χ4n) is 2.65. The van der Waals surface area contributed by atoms with E-state index in [1.807, 2.05) is 0 Å². The van der Waals surface area contributed by atoms with Crippen LogP contribution in [0.4, 0.5) is 0 Å². The van der Waals surface area contributed by atoms with Gasteiger partial charge in [0.15, 0.2) is 0 Å². The molecule has 2 unspecified atom stereocenters. The minimum Gasteiger partial charge on any atom is -0.481 e. The summed E-state index contributed by atoms with van der Waals surface area (Å²) in [7, 11) is 1.27. The Bertz CT molecular complexity index is 380. The maximum Gasteiger partial charge on any atom is 0.325 e. The lowest BCUT2D eigenvalue weighted by atomic mass is 9.78. The van der Waals surface area contributed by atoms with E-state index in [-0.39, 0.29) is 18.5 Å². The maximum absolute atomic E-state index is 12.6. The number of nitrogens with zero attached hydrogens (tertiary/aromatic N) is 1. The van der Waals surface area contributed by atoms with Crippen molar-refractivity contribution in [3.63, 3.8) is 0 Å². The average molecular weight is 285 g/mol. The van der Waals surface area contributed by atoms with Crippen LogP contribution in [0, 0.1) is 11.8 Å². The highest BCUT2D eigenvalue weighted by Gasteiger charge is 2.38. The van der Waals surface area contributed by atoms with Crippen molar-refractivity contribution in [2.24, 2.45) is 11.8 Å². The Kier molecular flexibility index (Phi) is 5.98. The molecule has 1 fully saturated rings. The first-order valence-corrected chi connectivity index (χ1v) is 6.98. The van der Waals surface area contributed by atoms with E-state index < -0.39 is 23.8 Å². The van der Waals surface area contributed by atoms with Crippen molar-refractivity contribution in [3.05, 3.63) is 0 Å². The van der Waals surface area contributed by atoms with E-state index in [1.54, 1.807) is 13.8 Å². The van der Waals surface area contributed by atoms with Gasteiger partial charge in [-0.05, 0) is 26.7 Å². The van der Waals surface area contributed by atoms with Crippen LogP contribution >= 0.6 is 0 Å². The van der Waals surface area contributed by atoms with Gasteiger partial charge in [0.25, 0.3) is 0 Å². The molecule has 0 aromatic rings. The van der Waals surface area contributed by atoms with Gasteiger partial charge in [0.1, 0.15) is 6.54 Å². The lowest BCUT2D eigenvalue weighted by molar-refractivity contribution is -0.156. The van der Waals surface area contributed by atoms with Gasteiger partial charge in [-0.2, -0.15) is 0 Å². The van der Waals surface area contributed by atoms with Crippen LogP contribution in [0.15, 0.2) is 0 Å². The van der Waals surface area contributed by atoms with Gasteiger partial charge in [-0.15, -0.1) is 0 Å². The number of hydrogen-bond donors (Lipinski definition) is 1. The molecule has 6 nitrogen and oxygen atoms in total. The summed E-state index contributed by atoms with van der Waals surface area (Å²) in [5, 5.41) is 9.24. The first kappa shape index (κ1) is 16.5. The minimum atomic E-state index is -0.926. The molecule has 1 N–H and O–H groups in total. The molecule has 1 saturated carbocycles. The lowest BCUT2D eigenvalue weighted by Crippen LogP contribution is -2.47. The van der Waals surface area contributed by atoms with Gasteiger partial charge in [-0.1, -0.05) is 12.8 Å². The molecular formula is C14H23NO5. The zero-order chi connectivity index (χ0) is 15.3. The predicted molar refractivity (Wildman–Crippen MR) is 71.9 cm³/mol. The number of aliphatic carboxylic acids is 1. The normalized spacial score (nSPS) is 22.4. The first-order valence-electron chi connectivity index (χ1n) is 6.98. The monoisotopic (exact) mass is 285 g/mol. The van der Waals surface area contributed by atoms with Crippen molar-refractivity contribution in [2.75, 3.05) is 13.7 Å². The predicted octanol–water partition coefficient (Wildman–Crippen LogP) is 1.29. The lowest BCUT2D eigenvalue weighted by Gasteiger charge is -2.34. The van der Waals surface area contributed by atoms with Crippen LogP contribution < -0.4 is 0 Å². The second-order valence-corrected chi connectivity index (χ2v) is 5.47. The third-order valence-electron chi connectivity index (χ3n) is 3.83. The summed E-state index contributed by atoms with van der Waals surface area (Å²) in [4.78, 5) is 36.6. The number of ether oxygens (including phenoxy) is 1. The molecule has 1 rings (SSSR count). The van der Waals surface area contributed by atoms with Crippen LogP contribution in [-0.2, 0) is 19.1 Å². The summed E-state index contributed by atoms with van der Waals surface area (Å²) in [5.74, 6) is -2.85. The fourth-order valence-corrected chi connectivity index (χ4v) is 2.65. The number of carboxylic acids is 1. The van der Waals surface area contributed by atoms with E-state index in [0.717, 1.165) is 12.8 Å². The number of amides is 1. The van der Waals surface area contributed by atoms with E-state index in [9.17, 15) is 19.5 Å². The molecule has 1 aliphatic rings. The largest absolute Gasteiger partial charge is 0.481 e. The third kappa shape index (κ3) is 3.95. The van der Waals surface area contributed by atoms with Gasteiger partial charge in [0, 0.05) is 6.04 Å². The summed E-state index contributed by atoms with van der Waals surface area (Å²) in [6.07, 6.45) is 2.78. The van der Waals surface area contributed by atoms with Gasteiger partial charge < -0.3 is 14.7 Å². The van der Waals surface area contributed by atoms with Gasteiger partial charge in [0.05, 0.1) is 18.9 Å². The van der Waals surface area contributed by atoms with Crippen LogP contribution in [-0.4, -0.2) is 47.5 Å². The van der Waals surface area contributed by atoms with Gasteiger partial charge in [-0.3, -0.25) is 14.4 Å². The van der Waals surface area contributed by atoms with Crippen molar-refractivity contribution in [1.82, 2.24) is 4.90 Å². The molecule has 0 radical (unpaired) electrons. The number of carboxylic acid groups (broad SMARTS) is 1. The summed E-state index contributed by atoms with van der Waals surface area (Å²) < 4.78 is 4.59. The molecule has 20 heavy (non-hydrogen) atoms. The quantitative estimate of drug-likeness (QED) is 0.769. The summed E-state index contributed by atoms with van der Waals surface area (Å²) in [5.41, 5.74) is 0. The molecule has 114 valence electrons. The Morgan fingerprint density at radius 3 is 2.20 bits per heavy atom. The highest BCUT2D eigenvalue weighted by atomic mass is 16.5. The first-order chi connectivity index (χ1) is 9.38. The second kappa shape index (κ2) is 7.26.